The second-order valence-corrected chi connectivity index (χ2v) is 5.69. The van der Waals surface area contributed by atoms with Crippen LogP contribution in [0.4, 0.5) is 8.78 Å². The zero-order chi connectivity index (χ0) is 13.9. The van der Waals surface area contributed by atoms with E-state index in [2.05, 4.69) is 12.2 Å². The Morgan fingerprint density at radius 2 is 1.89 bits per heavy atom. The molecule has 1 unspecified atom stereocenters. The summed E-state index contributed by atoms with van der Waals surface area (Å²) in [6.07, 6.45) is 5.04. The van der Waals surface area contributed by atoms with E-state index in [1.54, 1.807) is 0 Å². The molecule has 0 aromatic heterocycles. The van der Waals surface area contributed by atoms with Crippen LogP contribution in [0.3, 0.4) is 0 Å². The zero-order valence-corrected chi connectivity index (χ0v) is 11.3. The maximum absolute atomic E-state index is 13.1. The fourth-order valence-electron chi connectivity index (χ4n) is 2.69. The van der Waals surface area contributed by atoms with Gasteiger partial charge < -0.3 is 10.4 Å². The highest BCUT2D eigenvalue weighted by Gasteiger charge is 2.26. The molecule has 2 nitrogen and oxygen atoms in total. The SMILES string of the molecule is CC1(NCC(O)c2ccc(F)c(F)c2)CCCCC1. The highest BCUT2D eigenvalue weighted by Crippen LogP contribution is 2.28. The van der Waals surface area contributed by atoms with E-state index in [-0.39, 0.29) is 5.54 Å². The quantitative estimate of drug-likeness (QED) is 0.879. The van der Waals surface area contributed by atoms with Crippen LogP contribution in [0.5, 0.6) is 0 Å². The molecule has 19 heavy (non-hydrogen) atoms. The van der Waals surface area contributed by atoms with Crippen LogP contribution in [0.2, 0.25) is 0 Å². The van der Waals surface area contributed by atoms with Gasteiger partial charge in [-0.05, 0) is 37.5 Å². The molecule has 0 radical (unpaired) electrons. The van der Waals surface area contributed by atoms with E-state index in [0.717, 1.165) is 25.0 Å². The molecule has 106 valence electrons. The molecule has 1 aliphatic rings. The van der Waals surface area contributed by atoms with E-state index >= 15 is 0 Å². The van der Waals surface area contributed by atoms with Gasteiger partial charge in [0, 0.05) is 12.1 Å². The lowest BCUT2D eigenvalue weighted by atomic mass is 9.83. The Morgan fingerprint density at radius 3 is 2.53 bits per heavy atom. The van der Waals surface area contributed by atoms with Crippen molar-refractivity contribution in [3.8, 4) is 0 Å². The lowest BCUT2D eigenvalue weighted by Gasteiger charge is -2.35. The lowest BCUT2D eigenvalue weighted by molar-refractivity contribution is 0.146. The molecule has 1 aromatic carbocycles. The summed E-state index contributed by atoms with van der Waals surface area (Å²) >= 11 is 0. The van der Waals surface area contributed by atoms with E-state index in [1.165, 1.54) is 25.3 Å². The molecule has 0 saturated heterocycles. The van der Waals surface area contributed by atoms with Gasteiger partial charge in [-0.1, -0.05) is 25.3 Å². The van der Waals surface area contributed by atoms with Gasteiger partial charge >= 0.3 is 0 Å². The van der Waals surface area contributed by atoms with Crippen molar-refractivity contribution >= 4 is 0 Å². The first-order chi connectivity index (χ1) is 9.00. The van der Waals surface area contributed by atoms with Crippen molar-refractivity contribution in [3.63, 3.8) is 0 Å². The molecule has 4 heteroatoms. The van der Waals surface area contributed by atoms with Crippen LogP contribution >= 0.6 is 0 Å². The molecule has 2 rings (SSSR count). The molecule has 0 spiro atoms. The van der Waals surface area contributed by atoms with E-state index in [4.69, 9.17) is 0 Å². The van der Waals surface area contributed by atoms with Gasteiger partial charge in [0.1, 0.15) is 0 Å². The highest BCUT2D eigenvalue weighted by atomic mass is 19.2. The van der Waals surface area contributed by atoms with Crippen molar-refractivity contribution in [2.75, 3.05) is 6.54 Å². The van der Waals surface area contributed by atoms with Crippen LogP contribution in [0.1, 0.15) is 50.7 Å². The molecule has 1 atom stereocenters. The average Bonchev–Trinajstić information content (AvgIpc) is 2.40. The number of aliphatic hydroxyl groups is 1. The predicted octanol–water partition coefficient (Wildman–Crippen LogP) is 3.31. The van der Waals surface area contributed by atoms with Crippen molar-refractivity contribution < 1.29 is 13.9 Å². The Labute approximate surface area is 112 Å². The number of hydrogen-bond acceptors (Lipinski definition) is 2. The maximum Gasteiger partial charge on any atom is 0.159 e. The number of aliphatic hydroxyl groups excluding tert-OH is 1. The molecule has 0 aliphatic heterocycles. The van der Waals surface area contributed by atoms with Crippen LogP contribution < -0.4 is 5.32 Å². The number of benzene rings is 1. The third-order valence-electron chi connectivity index (χ3n) is 4.01. The number of halogens is 2. The number of hydrogen-bond donors (Lipinski definition) is 2. The third-order valence-corrected chi connectivity index (χ3v) is 4.01. The van der Waals surface area contributed by atoms with Crippen LogP contribution in [-0.4, -0.2) is 17.2 Å². The molecule has 0 amide bonds. The number of β-amino-alcohol motifs (C(OH)–C–C–N with tert-alkyl or cyclic N) is 1. The van der Waals surface area contributed by atoms with Gasteiger partial charge in [0.15, 0.2) is 11.6 Å². The third kappa shape index (κ3) is 3.74. The summed E-state index contributed by atoms with van der Waals surface area (Å²) in [5.41, 5.74) is 0.462. The maximum atomic E-state index is 13.1. The van der Waals surface area contributed by atoms with Crippen LogP contribution in [0.15, 0.2) is 18.2 Å². The fourth-order valence-corrected chi connectivity index (χ4v) is 2.69. The summed E-state index contributed by atoms with van der Waals surface area (Å²) in [4.78, 5) is 0. The van der Waals surface area contributed by atoms with E-state index in [1.807, 2.05) is 0 Å². The van der Waals surface area contributed by atoms with Crippen LogP contribution in [0, 0.1) is 11.6 Å². The zero-order valence-electron chi connectivity index (χ0n) is 11.3. The second-order valence-electron chi connectivity index (χ2n) is 5.69. The average molecular weight is 269 g/mol. The molecule has 2 N–H and O–H groups in total. The smallest absolute Gasteiger partial charge is 0.159 e. The number of rotatable bonds is 4. The first-order valence-corrected chi connectivity index (χ1v) is 6.88. The van der Waals surface area contributed by atoms with Gasteiger partial charge in [0.05, 0.1) is 6.10 Å². The van der Waals surface area contributed by atoms with Gasteiger partial charge in [0.25, 0.3) is 0 Å². The Hall–Kier alpha value is -1.00. The fraction of sp³-hybridized carbons (Fsp3) is 0.600. The minimum Gasteiger partial charge on any atom is -0.387 e. The van der Waals surface area contributed by atoms with Crippen molar-refractivity contribution in [2.24, 2.45) is 0 Å². The van der Waals surface area contributed by atoms with Crippen molar-refractivity contribution in [1.29, 1.82) is 0 Å². The Bertz CT molecular complexity index is 430. The number of nitrogens with one attached hydrogen (secondary N) is 1. The Morgan fingerprint density at radius 1 is 1.21 bits per heavy atom. The summed E-state index contributed by atoms with van der Waals surface area (Å²) in [5.74, 6) is -1.80. The molecule has 0 heterocycles. The molecular weight excluding hydrogens is 248 g/mol. The molecular formula is C15H21F2NO. The van der Waals surface area contributed by atoms with E-state index in [9.17, 15) is 13.9 Å². The molecule has 1 aliphatic carbocycles. The Balaban J connectivity index is 1.93. The largest absolute Gasteiger partial charge is 0.387 e. The molecule has 1 fully saturated rings. The summed E-state index contributed by atoms with van der Waals surface area (Å²) in [6.45, 7) is 2.52. The first-order valence-electron chi connectivity index (χ1n) is 6.88. The topological polar surface area (TPSA) is 32.3 Å². The molecule has 1 saturated carbocycles. The standard InChI is InChI=1S/C15H21F2NO/c1-15(7-3-2-4-8-15)18-10-14(19)11-5-6-12(16)13(17)9-11/h5-6,9,14,18-19H,2-4,7-8,10H2,1H3. The van der Waals surface area contributed by atoms with Gasteiger partial charge in [-0.15, -0.1) is 0 Å². The molecule has 1 aromatic rings. The monoisotopic (exact) mass is 269 g/mol. The Kier molecular flexibility index (Phi) is 4.53. The van der Waals surface area contributed by atoms with Gasteiger partial charge in [-0.2, -0.15) is 0 Å². The van der Waals surface area contributed by atoms with Gasteiger partial charge in [-0.25, -0.2) is 8.78 Å². The van der Waals surface area contributed by atoms with Crippen LogP contribution in [-0.2, 0) is 0 Å². The molecule has 0 bridgehead atoms. The van der Waals surface area contributed by atoms with E-state index < -0.39 is 17.7 Å². The van der Waals surface area contributed by atoms with Gasteiger partial charge in [-0.3, -0.25) is 0 Å². The normalized spacial score (nSPS) is 20.2. The lowest BCUT2D eigenvalue weighted by Crippen LogP contribution is -2.45. The highest BCUT2D eigenvalue weighted by molar-refractivity contribution is 5.20. The van der Waals surface area contributed by atoms with Crippen molar-refractivity contribution in [2.45, 2.75) is 50.7 Å². The van der Waals surface area contributed by atoms with Gasteiger partial charge in [0.2, 0.25) is 0 Å². The van der Waals surface area contributed by atoms with Crippen molar-refractivity contribution in [3.05, 3.63) is 35.4 Å². The predicted molar refractivity (Wildman–Crippen MR) is 70.8 cm³/mol. The van der Waals surface area contributed by atoms with E-state index in [0.29, 0.717) is 12.1 Å². The van der Waals surface area contributed by atoms with Crippen LogP contribution in [0.25, 0.3) is 0 Å². The summed E-state index contributed by atoms with van der Waals surface area (Å²) < 4.78 is 25.9. The summed E-state index contributed by atoms with van der Waals surface area (Å²) in [5, 5.41) is 13.4. The minimum atomic E-state index is -0.916. The second kappa shape index (κ2) is 5.97. The first kappa shape index (κ1) is 14.4. The summed E-state index contributed by atoms with van der Waals surface area (Å²) in [6, 6.07) is 3.54. The minimum absolute atomic E-state index is 0.0534. The van der Waals surface area contributed by atoms with Crippen molar-refractivity contribution in [1.82, 2.24) is 5.32 Å². The summed E-state index contributed by atoms with van der Waals surface area (Å²) in [7, 11) is 0.